The molecule has 0 fully saturated rings. The quantitative estimate of drug-likeness (QED) is 0.451. The first kappa shape index (κ1) is 11.9. The van der Waals surface area contributed by atoms with Crippen molar-refractivity contribution in [2.24, 2.45) is 0 Å². The number of nitro benzene ring substituents is 1. The molecule has 1 rings (SSSR count). The molecule has 0 bridgehead atoms. The molecule has 82 valence electrons. The Kier molecular flexibility index (Phi) is 2.98. The molecule has 1 aromatic rings. The Labute approximate surface area is 89.0 Å². The molecule has 0 saturated heterocycles. The Hall–Kier alpha value is -1.18. The molecule has 0 spiro atoms. The van der Waals surface area contributed by atoms with E-state index in [1.165, 1.54) is 0 Å². The van der Waals surface area contributed by atoms with Gasteiger partial charge in [-0.1, -0.05) is 15.9 Å². The number of nitro groups is 1. The van der Waals surface area contributed by atoms with E-state index in [1.807, 2.05) is 0 Å². The van der Waals surface area contributed by atoms with Gasteiger partial charge >= 0.3 is 6.18 Å². The summed E-state index contributed by atoms with van der Waals surface area (Å²) >= 11 is 2.67. The van der Waals surface area contributed by atoms with Gasteiger partial charge in [0.05, 0.1) is 4.92 Å². The van der Waals surface area contributed by atoms with Crippen LogP contribution in [0.2, 0.25) is 0 Å². The fraction of sp³-hybridized carbons (Fsp3) is 0.143. The molecule has 0 aliphatic heterocycles. The van der Waals surface area contributed by atoms with E-state index in [0.29, 0.717) is 12.1 Å². The molecule has 1 aromatic carbocycles. The average Bonchev–Trinajstić information content (AvgIpc) is 1.99. The first-order chi connectivity index (χ1) is 6.73. The zero-order valence-electron chi connectivity index (χ0n) is 6.81. The molecule has 0 heterocycles. The van der Waals surface area contributed by atoms with Crippen LogP contribution in [0.3, 0.4) is 0 Å². The Morgan fingerprint density at radius 2 is 1.87 bits per heavy atom. The third-order valence-corrected chi connectivity index (χ3v) is 1.97. The summed E-state index contributed by atoms with van der Waals surface area (Å²) < 4.78 is 49.5. The second kappa shape index (κ2) is 3.76. The van der Waals surface area contributed by atoms with Crippen molar-refractivity contribution < 1.29 is 22.5 Å². The van der Waals surface area contributed by atoms with Gasteiger partial charge in [-0.05, 0) is 6.07 Å². The highest BCUT2D eigenvalue weighted by Crippen LogP contribution is 2.39. The van der Waals surface area contributed by atoms with Gasteiger partial charge in [0.1, 0.15) is 5.82 Å². The number of nitrogens with zero attached hydrogens (tertiary/aromatic N) is 1. The number of hydrogen-bond acceptors (Lipinski definition) is 2. The molecule has 8 heteroatoms. The molecule has 0 saturated carbocycles. The van der Waals surface area contributed by atoms with E-state index >= 15 is 0 Å². The zero-order valence-corrected chi connectivity index (χ0v) is 8.39. The lowest BCUT2D eigenvalue weighted by atomic mass is 10.1. The number of rotatable bonds is 1. The van der Waals surface area contributed by atoms with Crippen LogP contribution in [0, 0.1) is 15.9 Å². The van der Waals surface area contributed by atoms with Crippen LogP contribution in [0.25, 0.3) is 0 Å². The van der Waals surface area contributed by atoms with Crippen molar-refractivity contribution in [3.63, 3.8) is 0 Å². The maximum atomic E-state index is 12.9. The largest absolute Gasteiger partial charge is 0.425 e. The average molecular weight is 288 g/mol. The third-order valence-electron chi connectivity index (χ3n) is 1.51. The van der Waals surface area contributed by atoms with Crippen molar-refractivity contribution >= 4 is 21.6 Å². The van der Waals surface area contributed by atoms with Crippen molar-refractivity contribution in [3.8, 4) is 0 Å². The topological polar surface area (TPSA) is 43.1 Å². The molecule has 0 radical (unpaired) electrons. The summed E-state index contributed by atoms with van der Waals surface area (Å²) in [6.45, 7) is 0. The van der Waals surface area contributed by atoms with Crippen molar-refractivity contribution in [1.29, 1.82) is 0 Å². The highest BCUT2D eigenvalue weighted by Gasteiger charge is 2.41. The maximum absolute atomic E-state index is 12.9. The van der Waals surface area contributed by atoms with Crippen LogP contribution in [-0.2, 0) is 6.18 Å². The lowest BCUT2D eigenvalue weighted by Gasteiger charge is -2.08. The second-order valence-electron chi connectivity index (χ2n) is 2.54. The van der Waals surface area contributed by atoms with Gasteiger partial charge in [0.15, 0.2) is 5.56 Å². The van der Waals surface area contributed by atoms with E-state index in [-0.39, 0.29) is 4.47 Å². The SMILES string of the molecule is O=[N+]([O-])c1cc(Br)cc(F)c1C(F)(F)F. The first-order valence-corrected chi connectivity index (χ1v) is 4.23. The minimum atomic E-state index is -5.09. The lowest BCUT2D eigenvalue weighted by molar-refractivity contribution is -0.388. The predicted octanol–water partition coefficient (Wildman–Crippen LogP) is 3.52. The Morgan fingerprint density at radius 3 is 2.27 bits per heavy atom. The van der Waals surface area contributed by atoms with Gasteiger partial charge in [0.2, 0.25) is 0 Å². The molecule has 0 amide bonds. The van der Waals surface area contributed by atoms with Crippen LogP contribution < -0.4 is 0 Å². The molecular formula is C7H2BrF4NO2. The normalized spacial score (nSPS) is 11.5. The monoisotopic (exact) mass is 287 g/mol. The maximum Gasteiger partial charge on any atom is 0.425 e. The second-order valence-corrected chi connectivity index (χ2v) is 3.45. The number of benzene rings is 1. The molecular weight excluding hydrogens is 286 g/mol. The highest BCUT2D eigenvalue weighted by molar-refractivity contribution is 9.10. The van der Waals surface area contributed by atoms with E-state index in [4.69, 9.17) is 0 Å². The van der Waals surface area contributed by atoms with E-state index in [1.54, 1.807) is 0 Å². The molecule has 3 nitrogen and oxygen atoms in total. The molecule has 0 unspecified atom stereocenters. The van der Waals surface area contributed by atoms with Crippen LogP contribution >= 0.6 is 15.9 Å². The number of halogens is 5. The first-order valence-electron chi connectivity index (χ1n) is 3.44. The zero-order chi connectivity index (χ0) is 11.8. The van der Waals surface area contributed by atoms with Gasteiger partial charge in [0.25, 0.3) is 5.69 Å². The van der Waals surface area contributed by atoms with Crippen molar-refractivity contribution in [2.75, 3.05) is 0 Å². The molecule has 0 atom stereocenters. The van der Waals surface area contributed by atoms with Gasteiger partial charge in [-0.2, -0.15) is 13.2 Å². The van der Waals surface area contributed by atoms with E-state index in [9.17, 15) is 27.7 Å². The fourth-order valence-corrected chi connectivity index (χ4v) is 1.40. The van der Waals surface area contributed by atoms with Gasteiger partial charge < -0.3 is 0 Å². The summed E-state index contributed by atoms with van der Waals surface area (Å²) in [6, 6.07) is 1.13. The van der Waals surface area contributed by atoms with Crippen molar-refractivity contribution in [2.45, 2.75) is 6.18 Å². The minimum absolute atomic E-state index is 0.125. The van der Waals surface area contributed by atoms with Gasteiger partial charge in [-0.15, -0.1) is 0 Å². The summed E-state index contributed by atoms with van der Waals surface area (Å²) in [5.41, 5.74) is -3.18. The highest BCUT2D eigenvalue weighted by atomic mass is 79.9. The van der Waals surface area contributed by atoms with Crippen LogP contribution in [0.4, 0.5) is 23.2 Å². The summed E-state index contributed by atoms with van der Waals surface area (Å²) in [7, 11) is 0. The van der Waals surface area contributed by atoms with Crippen LogP contribution in [0.15, 0.2) is 16.6 Å². The number of alkyl halides is 3. The predicted molar refractivity (Wildman–Crippen MR) is 45.8 cm³/mol. The van der Waals surface area contributed by atoms with E-state index in [2.05, 4.69) is 15.9 Å². The Morgan fingerprint density at radius 1 is 1.33 bits per heavy atom. The molecule has 0 aromatic heterocycles. The van der Waals surface area contributed by atoms with Crippen molar-refractivity contribution in [1.82, 2.24) is 0 Å². The summed E-state index contributed by atoms with van der Waals surface area (Å²) in [5.74, 6) is -1.68. The lowest BCUT2D eigenvalue weighted by Crippen LogP contribution is -2.11. The van der Waals surface area contributed by atoms with Crippen molar-refractivity contribution in [3.05, 3.63) is 38.1 Å². The van der Waals surface area contributed by atoms with Crippen LogP contribution in [0.5, 0.6) is 0 Å². The number of hydrogen-bond donors (Lipinski definition) is 0. The standard InChI is InChI=1S/C7H2BrF4NO2/c8-3-1-4(9)6(7(10,11)12)5(2-3)13(14)15/h1-2H. The van der Waals surface area contributed by atoms with Crippen LogP contribution in [0.1, 0.15) is 5.56 Å². The fourth-order valence-electron chi connectivity index (χ4n) is 0.985. The molecule has 0 N–H and O–H groups in total. The Bertz CT molecular complexity index is 418. The third kappa shape index (κ3) is 2.44. The summed E-state index contributed by atoms with van der Waals surface area (Å²) in [4.78, 5) is 9.01. The summed E-state index contributed by atoms with van der Waals surface area (Å²) in [6.07, 6.45) is -5.09. The Balaban J connectivity index is 3.55. The molecule has 0 aliphatic rings. The van der Waals surface area contributed by atoms with Gasteiger partial charge in [-0.3, -0.25) is 10.1 Å². The van der Waals surface area contributed by atoms with Gasteiger partial charge in [-0.25, -0.2) is 4.39 Å². The van der Waals surface area contributed by atoms with Gasteiger partial charge in [0, 0.05) is 10.5 Å². The smallest absolute Gasteiger partial charge is 0.258 e. The van der Waals surface area contributed by atoms with Crippen LogP contribution in [-0.4, -0.2) is 4.92 Å². The minimum Gasteiger partial charge on any atom is -0.258 e. The summed E-state index contributed by atoms with van der Waals surface area (Å²) in [5, 5.41) is 10.3. The van der Waals surface area contributed by atoms with E-state index < -0.39 is 28.2 Å². The molecule has 0 aliphatic carbocycles. The molecule has 15 heavy (non-hydrogen) atoms. The van der Waals surface area contributed by atoms with E-state index in [0.717, 1.165) is 0 Å².